The SMILES string of the molecule is CC1(C)CN(C(=O)OCc2ccccc2)CC(c2ccc(F)cc2)N1. The van der Waals surface area contributed by atoms with Crippen molar-refractivity contribution in [2.45, 2.75) is 32.0 Å². The van der Waals surface area contributed by atoms with Crippen molar-refractivity contribution in [2.24, 2.45) is 0 Å². The molecule has 0 bridgehead atoms. The predicted octanol–water partition coefficient (Wildman–Crippen LogP) is 3.89. The van der Waals surface area contributed by atoms with Crippen molar-refractivity contribution in [3.63, 3.8) is 0 Å². The Kier molecular flexibility index (Phi) is 5.04. The quantitative estimate of drug-likeness (QED) is 0.920. The van der Waals surface area contributed by atoms with Crippen LogP contribution < -0.4 is 5.32 Å². The van der Waals surface area contributed by atoms with Gasteiger partial charge in [-0.25, -0.2) is 9.18 Å². The first kappa shape index (κ1) is 17.4. The molecule has 1 heterocycles. The Morgan fingerprint density at radius 3 is 2.56 bits per heavy atom. The van der Waals surface area contributed by atoms with Crippen molar-refractivity contribution >= 4 is 6.09 Å². The number of carbonyl (C=O) groups excluding carboxylic acids is 1. The zero-order chi connectivity index (χ0) is 17.9. The normalized spacial score (nSPS) is 19.5. The number of nitrogens with one attached hydrogen (secondary N) is 1. The highest BCUT2D eigenvalue weighted by Crippen LogP contribution is 2.25. The third kappa shape index (κ3) is 4.57. The second kappa shape index (κ2) is 7.23. The first-order valence-corrected chi connectivity index (χ1v) is 8.42. The second-order valence-electron chi connectivity index (χ2n) is 7.05. The van der Waals surface area contributed by atoms with Crippen molar-refractivity contribution in [3.8, 4) is 0 Å². The fourth-order valence-electron chi connectivity index (χ4n) is 3.16. The molecule has 2 aromatic rings. The topological polar surface area (TPSA) is 41.6 Å². The molecule has 0 radical (unpaired) electrons. The number of rotatable bonds is 3. The second-order valence-corrected chi connectivity index (χ2v) is 7.05. The number of ether oxygens (including phenoxy) is 1. The highest BCUT2D eigenvalue weighted by Gasteiger charge is 2.35. The van der Waals surface area contributed by atoms with Crippen molar-refractivity contribution in [3.05, 3.63) is 71.5 Å². The number of piperazine rings is 1. The molecule has 1 fully saturated rings. The van der Waals surface area contributed by atoms with Crippen molar-refractivity contribution < 1.29 is 13.9 Å². The maximum absolute atomic E-state index is 13.2. The van der Waals surface area contributed by atoms with Gasteiger partial charge in [0.15, 0.2) is 0 Å². The molecule has 3 rings (SSSR count). The summed E-state index contributed by atoms with van der Waals surface area (Å²) < 4.78 is 18.6. The summed E-state index contributed by atoms with van der Waals surface area (Å²) in [5, 5.41) is 3.52. The lowest BCUT2D eigenvalue weighted by Gasteiger charge is -2.43. The lowest BCUT2D eigenvalue weighted by molar-refractivity contribution is 0.0625. The molecule has 1 unspecified atom stereocenters. The number of carbonyl (C=O) groups is 1. The van der Waals surface area contributed by atoms with Gasteiger partial charge in [-0.15, -0.1) is 0 Å². The van der Waals surface area contributed by atoms with Crippen LogP contribution >= 0.6 is 0 Å². The number of hydrogen-bond donors (Lipinski definition) is 1. The van der Waals surface area contributed by atoms with E-state index in [1.54, 1.807) is 17.0 Å². The molecule has 1 aliphatic rings. The van der Waals surface area contributed by atoms with Crippen molar-refractivity contribution in [1.82, 2.24) is 10.2 Å². The molecule has 5 heteroatoms. The lowest BCUT2D eigenvalue weighted by atomic mass is 9.95. The molecule has 0 aliphatic carbocycles. The monoisotopic (exact) mass is 342 g/mol. The van der Waals surface area contributed by atoms with E-state index in [0.29, 0.717) is 13.1 Å². The molecule has 1 amide bonds. The minimum atomic E-state index is -0.328. The van der Waals surface area contributed by atoms with Gasteiger partial charge >= 0.3 is 6.09 Å². The van der Waals surface area contributed by atoms with Crippen LogP contribution in [-0.2, 0) is 11.3 Å². The maximum atomic E-state index is 13.2. The molecule has 4 nitrogen and oxygen atoms in total. The van der Waals surface area contributed by atoms with E-state index in [4.69, 9.17) is 4.74 Å². The number of benzene rings is 2. The predicted molar refractivity (Wildman–Crippen MR) is 94.6 cm³/mol. The van der Waals surface area contributed by atoms with E-state index >= 15 is 0 Å². The highest BCUT2D eigenvalue weighted by molar-refractivity contribution is 5.68. The Morgan fingerprint density at radius 2 is 1.88 bits per heavy atom. The molecular formula is C20H23FN2O2. The standard InChI is InChI=1S/C20H23FN2O2/c1-20(2)14-23(19(24)25-13-15-6-4-3-5-7-15)12-18(22-20)16-8-10-17(21)11-9-16/h3-11,18,22H,12-14H2,1-2H3. The van der Waals surface area contributed by atoms with Gasteiger partial charge in [-0.3, -0.25) is 0 Å². The molecule has 0 spiro atoms. The van der Waals surface area contributed by atoms with Gasteiger partial charge in [-0.2, -0.15) is 0 Å². The summed E-state index contributed by atoms with van der Waals surface area (Å²) >= 11 is 0. The van der Waals surface area contributed by atoms with E-state index in [1.165, 1.54) is 12.1 Å². The van der Waals surface area contributed by atoms with Crippen LogP contribution in [0.5, 0.6) is 0 Å². The zero-order valence-corrected chi connectivity index (χ0v) is 14.5. The molecular weight excluding hydrogens is 319 g/mol. The van der Waals surface area contributed by atoms with Gasteiger partial charge in [0.05, 0.1) is 6.04 Å². The van der Waals surface area contributed by atoms with Gasteiger partial charge in [-0.05, 0) is 37.1 Å². The molecule has 1 atom stereocenters. The van der Waals surface area contributed by atoms with Crippen molar-refractivity contribution in [1.29, 1.82) is 0 Å². The van der Waals surface area contributed by atoms with Crippen LogP contribution in [0.3, 0.4) is 0 Å². The molecule has 0 aromatic heterocycles. The molecule has 0 saturated carbocycles. The van der Waals surface area contributed by atoms with Gasteiger partial charge in [-0.1, -0.05) is 42.5 Å². The van der Waals surface area contributed by atoms with E-state index in [9.17, 15) is 9.18 Å². The van der Waals surface area contributed by atoms with E-state index < -0.39 is 0 Å². The average Bonchev–Trinajstić information content (AvgIpc) is 2.60. The number of halogens is 1. The van der Waals surface area contributed by atoms with E-state index in [2.05, 4.69) is 5.32 Å². The summed E-state index contributed by atoms with van der Waals surface area (Å²) in [5.41, 5.74) is 1.65. The van der Waals surface area contributed by atoms with Crippen molar-refractivity contribution in [2.75, 3.05) is 13.1 Å². The summed E-state index contributed by atoms with van der Waals surface area (Å²) in [6.45, 7) is 5.38. The van der Waals surface area contributed by atoms with Crippen LogP contribution in [0.15, 0.2) is 54.6 Å². The Bertz CT molecular complexity index is 716. The van der Waals surface area contributed by atoms with Gasteiger partial charge in [0.1, 0.15) is 12.4 Å². The molecule has 1 saturated heterocycles. The minimum absolute atomic E-state index is 0.0615. The van der Waals surface area contributed by atoms with E-state index in [1.807, 2.05) is 44.2 Å². The molecule has 2 aromatic carbocycles. The minimum Gasteiger partial charge on any atom is -0.445 e. The Hall–Kier alpha value is -2.40. The Labute approximate surface area is 147 Å². The summed E-state index contributed by atoms with van der Waals surface area (Å²) in [6, 6.07) is 15.9. The molecule has 1 aliphatic heterocycles. The first-order valence-electron chi connectivity index (χ1n) is 8.42. The summed E-state index contributed by atoms with van der Waals surface area (Å²) in [5.74, 6) is -0.266. The summed E-state index contributed by atoms with van der Waals surface area (Å²) in [7, 11) is 0. The lowest BCUT2D eigenvalue weighted by Crippen LogP contribution is -2.59. The Morgan fingerprint density at radius 1 is 1.20 bits per heavy atom. The van der Waals surface area contributed by atoms with E-state index in [0.717, 1.165) is 11.1 Å². The fourth-order valence-corrected chi connectivity index (χ4v) is 3.16. The zero-order valence-electron chi connectivity index (χ0n) is 14.5. The summed E-state index contributed by atoms with van der Waals surface area (Å²) in [6.07, 6.45) is -0.328. The summed E-state index contributed by atoms with van der Waals surface area (Å²) in [4.78, 5) is 14.2. The third-order valence-corrected chi connectivity index (χ3v) is 4.29. The highest BCUT2D eigenvalue weighted by atomic mass is 19.1. The average molecular weight is 342 g/mol. The van der Waals surface area contributed by atoms with Crippen LogP contribution in [0.4, 0.5) is 9.18 Å². The van der Waals surface area contributed by atoms with Crippen LogP contribution in [0, 0.1) is 5.82 Å². The first-order chi connectivity index (χ1) is 11.9. The van der Waals surface area contributed by atoms with Crippen LogP contribution in [-0.4, -0.2) is 29.6 Å². The van der Waals surface area contributed by atoms with Crippen LogP contribution in [0.25, 0.3) is 0 Å². The number of nitrogens with zero attached hydrogens (tertiary/aromatic N) is 1. The largest absolute Gasteiger partial charge is 0.445 e. The number of amides is 1. The smallest absolute Gasteiger partial charge is 0.410 e. The fraction of sp³-hybridized carbons (Fsp3) is 0.350. The Balaban J connectivity index is 1.67. The van der Waals surface area contributed by atoms with Gasteiger partial charge in [0.2, 0.25) is 0 Å². The molecule has 132 valence electrons. The third-order valence-electron chi connectivity index (χ3n) is 4.29. The number of hydrogen-bond acceptors (Lipinski definition) is 3. The van der Waals surface area contributed by atoms with Gasteiger partial charge in [0.25, 0.3) is 0 Å². The molecule has 1 N–H and O–H groups in total. The van der Waals surface area contributed by atoms with Gasteiger partial charge in [0, 0.05) is 18.6 Å². The maximum Gasteiger partial charge on any atom is 0.410 e. The van der Waals surface area contributed by atoms with E-state index in [-0.39, 0.29) is 30.1 Å². The van der Waals surface area contributed by atoms with Crippen LogP contribution in [0.1, 0.15) is 31.0 Å². The van der Waals surface area contributed by atoms with Gasteiger partial charge < -0.3 is 15.0 Å². The van der Waals surface area contributed by atoms with Crippen LogP contribution in [0.2, 0.25) is 0 Å². The molecule has 25 heavy (non-hydrogen) atoms.